The van der Waals surface area contributed by atoms with Crippen LogP contribution in [0.4, 0.5) is 4.39 Å². The fourth-order valence-electron chi connectivity index (χ4n) is 4.51. The molecule has 0 aromatic heterocycles. The van der Waals surface area contributed by atoms with Gasteiger partial charge in [0.1, 0.15) is 5.82 Å². The molecule has 0 saturated carbocycles. The van der Waals surface area contributed by atoms with Crippen molar-refractivity contribution in [3.8, 4) is 0 Å². The number of carbonyl (C=O) groups is 2. The molecule has 1 aliphatic heterocycles. The Morgan fingerprint density at radius 3 is 2.47 bits per heavy atom. The normalized spacial score (nSPS) is 13.8. The number of benzene rings is 3. The topological polar surface area (TPSA) is 78.9 Å². The van der Waals surface area contributed by atoms with Gasteiger partial charge in [-0.3, -0.25) is 15.0 Å². The first kappa shape index (κ1) is 26.3. The summed E-state index contributed by atoms with van der Waals surface area (Å²) >= 11 is 2.15. The van der Waals surface area contributed by atoms with Gasteiger partial charge in [0.15, 0.2) is 0 Å². The van der Waals surface area contributed by atoms with Crippen LogP contribution in [-0.4, -0.2) is 29.0 Å². The lowest BCUT2D eigenvalue weighted by Gasteiger charge is -2.40. The molecule has 1 heterocycles. The van der Waals surface area contributed by atoms with E-state index in [4.69, 9.17) is 4.65 Å². The zero-order valence-electron chi connectivity index (χ0n) is 20.5. The third kappa shape index (κ3) is 5.33. The molecule has 0 saturated heterocycles. The van der Waals surface area contributed by atoms with Gasteiger partial charge in [-0.15, -0.1) is 0 Å². The van der Waals surface area contributed by atoms with E-state index in [9.17, 15) is 14.6 Å². The van der Waals surface area contributed by atoms with Crippen LogP contribution in [0.15, 0.2) is 60.7 Å². The number of carbonyl (C=O) groups excluding carboxylic acids is 2. The number of nitrogens with zero attached hydrogens (tertiary/aromatic N) is 1. The van der Waals surface area contributed by atoms with E-state index in [1.165, 1.54) is 17.1 Å². The van der Waals surface area contributed by atoms with Crippen LogP contribution in [-0.2, 0) is 11.3 Å². The second kappa shape index (κ2) is 10.3. The zero-order chi connectivity index (χ0) is 26.2. The van der Waals surface area contributed by atoms with Crippen LogP contribution in [0.1, 0.15) is 64.2 Å². The average molecular weight is 600 g/mol. The minimum Gasteiger partial charge on any atom is -0.423 e. The zero-order valence-corrected chi connectivity index (χ0v) is 22.7. The van der Waals surface area contributed by atoms with Gasteiger partial charge >= 0.3 is 7.12 Å². The van der Waals surface area contributed by atoms with Gasteiger partial charge in [0.25, 0.3) is 11.8 Å². The summed E-state index contributed by atoms with van der Waals surface area (Å²) in [5.41, 5.74) is 4.57. The molecular formula is C27H27BFIN2O4. The molecule has 1 unspecified atom stereocenters. The molecule has 1 aliphatic rings. The van der Waals surface area contributed by atoms with Crippen molar-refractivity contribution in [2.45, 2.75) is 40.3 Å². The summed E-state index contributed by atoms with van der Waals surface area (Å²) in [6.45, 7) is 7.70. The van der Waals surface area contributed by atoms with Gasteiger partial charge in [-0.1, -0.05) is 57.2 Å². The molecule has 0 aliphatic carbocycles. The highest BCUT2D eigenvalue weighted by molar-refractivity contribution is 14.1. The summed E-state index contributed by atoms with van der Waals surface area (Å²) in [4.78, 5) is 27.4. The van der Waals surface area contributed by atoms with Crippen LogP contribution in [0.5, 0.6) is 0 Å². The lowest BCUT2D eigenvalue weighted by molar-refractivity contribution is 0.0287. The Balaban J connectivity index is 1.79. The van der Waals surface area contributed by atoms with E-state index in [1.807, 2.05) is 64.1 Å². The van der Waals surface area contributed by atoms with Gasteiger partial charge in [0, 0.05) is 14.7 Å². The van der Waals surface area contributed by atoms with Crippen LogP contribution in [0.3, 0.4) is 0 Å². The molecule has 4 rings (SSSR count). The molecule has 6 nitrogen and oxygen atoms in total. The van der Waals surface area contributed by atoms with Crippen molar-refractivity contribution in [1.82, 2.24) is 10.4 Å². The first-order valence-electron chi connectivity index (χ1n) is 11.5. The van der Waals surface area contributed by atoms with Crippen LogP contribution in [0, 0.1) is 21.7 Å². The largest absolute Gasteiger partial charge is 0.491 e. The Labute approximate surface area is 224 Å². The first-order valence-corrected chi connectivity index (χ1v) is 12.6. The van der Waals surface area contributed by atoms with Crippen LogP contribution in [0.2, 0.25) is 0 Å². The number of amides is 2. The van der Waals surface area contributed by atoms with E-state index in [2.05, 4.69) is 28.0 Å². The van der Waals surface area contributed by atoms with Gasteiger partial charge < -0.3 is 9.68 Å². The van der Waals surface area contributed by atoms with Gasteiger partial charge in [0.2, 0.25) is 0 Å². The number of hydrazine groups is 1. The van der Waals surface area contributed by atoms with Gasteiger partial charge in [0.05, 0.1) is 18.2 Å². The summed E-state index contributed by atoms with van der Waals surface area (Å²) in [5.74, 6) is -1.95. The molecule has 3 aromatic rings. The molecule has 0 spiro atoms. The Morgan fingerprint density at radius 1 is 1.14 bits per heavy atom. The van der Waals surface area contributed by atoms with Crippen molar-refractivity contribution < 1.29 is 23.7 Å². The van der Waals surface area contributed by atoms with Crippen molar-refractivity contribution >= 4 is 47.0 Å². The maximum absolute atomic E-state index is 15.3. The minimum absolute atomic E-state index is 0.136. The summed E-state index contributed by atoms with van der Waals surface area (Å²) < 4.78 is 21.3. The molecule has 1 atom stereocenters. The smallest absolute Gasteiger partial charge is 0.423 e. The number of hydrogen-bond acceptors (Lipinski definition) is 4. The molecule has 0 radical (unpaired) electrons. The van der Waals surface area contributed by atoms with Crippen molar-refractivity contribution in [2.24, 2.45) is 5.41 Å². The standard InChI is InChI=1S/C27H27BFIN2O4/c1-16-12-18(14-19(30)13-16)26(34)32(24(27(2,3)4)17-8-6-5-7-9-17)31-25(33)20-10-11-22-21(23(20)29)15-36-28(22)35/h5-14,24,35H,15H2,1-4H3,(H,31,33). The number of hydrogen-bond donors (Lipinski definition) is 2. The lowest BCUT2D eigenvalue weighted by atomic mass is 9.79. The molecule has 9 heteroatoms. The maximum atomic E-state index is 15.3. The first-order chi connectivity index (χ1) is 17.0. The number of fused-ring (bicyclic) bond motifs is 1. The van der Waals surface area contributed by atoms with Gasteiger partial charge in [-0.05, 0) is 75.8 Å². The molecule has 36 heavy (non-hydrogen) atoms. The average Bonchev–Trinajstić information content (AvgIpc) is 3.19. The van der Waals surface area contributed by atoms with Crippen molar-refractivity contribution in [3.05, 3.63) is 97.9 Å². The molecule has 186 valence electrons. The van der Waals surface area contributed by atoms with E-state index in [1.54, 1.807) is 12.1 Å². The number of halogens is 2. The second-order valence-corrected chi connectivity index (χ2v) is 11.2. The van der Waals surface area contributed by atoms with Crippen LogP contribution in [0.25, 0.3) is 0 Å². The Hall–Kier alpha value is -2.76. The maximum Gasteiger partial charge on any atom is 0.491 e. The Morgan fingerprint density at radius 2 is 1.83 bits per heavy atom. The Kier molecular flexibility index (Phi) is 7.54. The van der Waals surface area contributed by atoms with E-state index >= 15 is 4.39 Å². The number of aryl methyl sites for hydroxylation is 1. The SMILES string of the molecule is Cc1cc(I)cc(C(=O)N(NC(=O)c2ccc3c(c2F)COB3O)C(c2ccccc2)C(C)(C)C)c1. The highest BCUT2D eigenvalue weighted by atomic mass is 127. The van der Waals surface area contributed by atoms with E-state index in [-0.39, 0.29) is 17.7 Å². The van der Waals surface area contributed by atoms with Crippen LogP contribution >= 0.6 is 22.6 Å². The quantitative estimate of drug-likeness (QED) is 0.262. The number of nitrogens with one attached hydrogen (secondary N) is 1. The fraction of sp³-hybridized carbons (Fsp3) is 0.259. The second-order valence-electron chi connectivity index (χ2n) is 9.97. The molecule has 2 amide bonds. The third-order valence-electron chi connectivity index (χ3n) is 6.10. The highest BCUT2D eigenvalue weighted by Crippen LogP contribution is 2.38. The Bertz CT molecular complexity index is 1290. The van der Waals surface area contributed by atoms with E-state index in [0.717, 1.165) is 14.7 Å². The predicted octanol–water partition coefficient (Wildman–Crippen LogP) is 4.53. The summed E-state index contributed by atoms with van der Waals surface area (Å²) in [6, 6.07) is 17.1. The predicted molar refractivity (Wildman–Crippen MR) is 145 cm³/mol. The number of rotatable bonds is 4. The van der Waals surface area contributed by atoms with Crippen molar-refractivity contribution in [3.63, 3.8) is 0 Å². The van der Waals surface area contributed by atoms with Gasteiger partial charge in [-0.25, -0.2) is 9.40 Å². The molecule has 0 bridgehead atoms. The fourth-order valence-corrected chi connectivity index (χ4v) is 5.34. The van der Waals surface area contributed by atoms with Gasteiger partial charge in [-0.2, -0.15) is 0 Å². The minimum atomic E-state index is -1.23. The molecular weight excluding hydrogens is 573 g/mol. The van der Waals surface area contributed by atoms with Crippen molar-refractivity contribution in [2.75, 3.05) is 0 Å². The van der Waals surface area contributed by atoms with E-state index in [0.29, 0.717) is 11.0 Å². The molecule has 0 fully saturated rings. The summed E-state index contributed by atoms with van der Waals surface area (Å²) in [6.07, 6.45) is 0. The van der Waals surface area contributed by atoms with Crippen LogP contribution < -0.4 is 10.9 Å². The summed E-state index contributed by atoms with van der Waals surface area (Å²) in [5, 5.41) is 11.2. The lowest BCUT2D eigenvalue weighted by Crippen LogP contribution is -2.52. The molecule has 3 aromatic carbocycles. The molecule has 2 N–H and O–H groups in total. The monoisotopic (exact) mass is 600 g/mol. The summed E-state index contributed by atoms with van der Waals surface area (Å²) in [7, 11) is -1.23. The third-order valence-corrected chi connectivity index (χ3v) is 6.72. The van der Waals surface area contributed by atoms with E-state index < -0.39 is 36.2 Å². The van der Waals surface area contributed by atoms with Crippen molar-refractivity contribution in [1.29, 1.82) is 0 Å². The highest BCUT2D eigenvalue weighted by Gasteiger charge is 2.38.